The number of hydrogen-bond donors (Lipinski definition) is 1. The SMILES string of the molecule is C[C@@]1(C(=O)NC2CCCCCC2)Cn2c(cc3occc32)C(=O)N1CCCN1CCCC1. The topological polar surface area (TPSA) is 70.7 Å². The van der Waals surface area contributed by atoms with Crippen LogP contribution < -0.4 is 5.32 Å². The first-order valence-corrected chi connectivity index (χ1v) is 12.5. The second kappa shape index (κ2) is 8.93. The van der Waals surface area contributed by atoms with Crippen LogP contribution >= 0.6 is 0 Å². The highest BCUT2D eigenvalue weighted by Crippen LogP contribution is 2.33. The monoisotopic (exact) mass is 440 g/mol. The molecule has 1 N–H and O–H groups in total. The summed E-state index contributed by atoms with van der Waals surface area (Å²) in [5, 5.41) is 3.34. The molecule has 0 spiro atoms. The third kappa shape index (κ3) is 3.96. The molecule has 3 aliphatic rings. The van der Waals surface area contributed by atoms with Gasteiger partial charge in [-0.15, -0.1) is 0 Å². The lowest BCUT2D eigenvalue weighted by Gasteiger charge is -2.44. The normalized spacial score (nSPS) is 25.3. The fourth-order valence-electron chi connectivity index (χ4n) is 5.85. The number of carbonyl (C=O) groups excluding carboxylic acids is 2. The Morgan fingerprint density at radius 1 is 1.12 bits per heavy atom. The summed E-state index contributed by atoms with van der Waals surface area (Å²) in [6, 6.07) is 3.93. The van der Waals surface area contributed by atoms with E-state index in [-0.39, 0.29) is 17.9 Å². The van der Waals surface area contributed by atoms with Crippen molar-refractivity contribution in [1.29, 1.82) is 0 Å². The van der Waals surface area contributed by atoms with Gasteiger partial charge >= 0.3 is 0 Å². The molecular formula is C25H36N4O3. The molecule has 1 saturated carbocycles. The first-order chi connectivity index (χ1) is 15.6. The Hall–Kier alpha value is -2.28. The van der Waals surface area contributed by atoms with Crippen LogP contribution in [0.1, 0.15) is 75.2 Å². The molecule has 7 heteroatoms. The molecule has 1 atom stereocenters. The second-order valence-electron chi connectivity index (χ2n) is 10.1. The zero-order valence-corrected chi connectivity index (χ0v) is 19.3. The van der Waals surface area contributed by atoms with Gasteiger partial charge in [0.25, 0.3) is 5.91 Å². The molecule has 1 aliphatic carbocycles. The summed E-state index contributed by atoms with van der Waals surface area (Å²) in [6.45, 7) is 6.27. The van der Waals surface area contributed by atoms with Crippen molar-refractivity contribution >= 4 is 22.9 Å². The Balaban J connectivity index is 1.39. The van der Waals surface area contributed by atoms with Crippen LogP contribution in [0.15, 0.2) is 22.8 Å². The maximum atomic E-state index is 13.7. The molecular weight excluding hydrogens is 404 g/mol. The van der Waals surface area contributed by atoms with Crippen molar-refractivity contribution in [2.24, 2.45) is 0 Å². The van der Waals surface area contributed by atoms with Crippen LogP contribution in [0.5, 0.6) is 0 Å². The van der Waals surface area contributed by atoms with Crippen molar-refractivity contribution in [3.8, 4) is 0 Å². The predicted octanol–water partition coefficient (Wildman–Crippen LogP) is 3.77. The van der Waals surface area contributed by atoms with E-state index in [1.54, 1.807) is 6.26 Å². The second-order valence-corrected chi connectivity index (χ2v) is 10.1. The Labute approximate surface area is 190 Å². The summed E-state index contributed by atoms with van der Waals surface area (Å²) in [7, 11) is 0. The number of aromatic nitrogens is 1. The highest BCUT2D eigenvalue weighted by molar-refractivity contribution is 6.02. The van der Waals surface area contributed by atoms with E-state index in [1.165, 1.54) is 25.7 Å². The van der Waals surface area contributed by atoms with Gasteiger partial charge in [0.2, 0.25) is 5.91 Å². The van der Waals surface area contributed by atoms with E-state index in [2.05, 4.69) is 10.2 Å². The molecule has 2 aromatic heterocycles. The number of furan rings is 1. The molecule has 2 aliphatic heterocycles. The first kappa shape index (κ1) is 21.6. The molecule has 2 fully saturated rings. The predicted molar refractivity (Wildman–Crippen MR) is 124 cm³/mol. The summed E-state index contributed by atoms with van der Waals surface area (Å²) in [6.07, 6.45) is 11.9. The van der Waals surface area contributed by atoms with Gasteiger partial charge in [-0.3, -0.25) is 9.59 Å². The Kier molecular flexibility index (Phi) is 6.01. The third-order valence-electron chi connectivity index (χ3n) is 7.78. The van der Waals surface area contributed by atoms with Crippen LogP contribution in [0.3, 0.4) is 0 Å². The molecule has 0 aromatic carbocycles. The number of nitrogens with zero attached hydrogens (tertiary/aromatic N) is 3. The van der Waals surface area contributed by atoms with Crippen molar-refractivity contribution in [2.75, 3.05) is 26.2 Å². The Morgan fingerprint density at radius 2 is 1.88 bits per heavy atom. The minimum absolute atomic E-state index is 0.0186. The summed E-state index contributed by atoms with van der Waals surface area (Å²) >= 11 is 0. The van der Waals surface area contributed by atoms with E-state index < -0.39 is 5.54 Å². The van der Waals surface area contributed by atoms with Gasteiger partial charge in [-0.2, -0.15) is 0 Å². The van der Waals surface area contributed by atoms with E-state index in [9.17, 15) is 9.59 Å². The van der Waals surface area contributed by atoms with Crippen LogP contribution in [-0.4, -0.2) is 63.9 Å². The summed E-state index contributed by atoms with van der Waals surface area (Å²) in [5.41, 5.74) is 1.31. The van der Waals surface area contributed by atoms with Gasteiger partial charge < -0.3 is 24.1 Å². The van der Waals surface area contributed by atoms with Crippen LogP contribution in [0.25, 0.3) is 11.1 Å². The van der Waals surface area contributed by atoms with Gasteiger partial charge in [-0.05, 0) is 58.7 Å². The molecule has 0 bridgehead atoms. The van der Waals surface area contributed by atoms with Crippen molar-refractivity contribution in [1.82, 2.24) is 19.7 Å². The maximum Gasteiger partial charge on any atom is 0.271 e. The maximum absolute atomic E-state index is 13.7. The molecule has 174 valence electrons. The van der Waals surface area contributed by atoms with Gasteiger partial charge in [0.1, 0.15) is 11.2 Å². The Bertz CT molecular complexity index is 965. The van der Waals surface area contributed by atoms with Crippen LogP contribution in [-0.2, 0) is 11.3 Å². The van der Waals surface area contributed by atoms with E-state index in [4.69, 9.17) is 4.42 Å². The lowest BCUT2D eigenvalue weighted by atomic mass is 9.93. The number of nitrogens with one attached hydrogen (secondary N) is 1. The number of likely N-dealkylation sites (tertiary alicyclic amines) is 1. The number of rotatable bonds is 6. The highest BCUT2D eigenvalue weighted by Gasteiger charge is 2.48. The molecule has 2 amide bonds. The fraction of sp³-hybridized carbons (Fsp3) is 0.680. The van der Waals surface area contributed by atoms with Crippen molar-refractivity contribution in [3.63, 3.8) is 0 Å². The number of amides is 2. The standard InChI is InChI=1S/C25H36N4O3/c1-25(24(31)26-19-9-4-2-3-5-10-19)18-28-20-11-16-32-22(20)17-21(28)23(30)29(25)15-8-14-27-12-6-7-13-27/h11,16-17,19H,2-10,12-15,18H2,1H3,(H,26,31)/t25-/m0/s1. The minimum atomic E-state index is -0.912. The molecule has 32 heavy (non-hydrogen) atoms. The van der Waals surface area contributed by atoms with E-state index in [0.29, 0.717) is 24.4 Å². The molecule has 0 unspecified atom stereocenters. The number of carbonyl (C=O) groups is 2. The van der Waals surface area contributed by atoms with Crippen molar-refractivity contribution in [3.05, 3.63) is 24.1 Å². The average molecular weight is 441 g/mol. The van der Waals surface area contributed by atoms with Crippen LogP contribution in [0, 0.1) is 0 Å². The highest BCUT2D eigenvalue weighted by atomic mass is 16.3. The minimum Gasteiger partial charge on any atom is -0.463 e. The molecule has 1 saturated heterocycles. The lowest BCUT2D eigenvalue weighted by molar-refractivity contribution is -0.133. The van der Waals surface area contributed by atoms with Crippen LogP contribution in [0.2, 0.25) is 0 Å². The van der Waals surface area contributed by atoms with Gasteiger partial charge in [0.05, 0.1) is 18.3 Å². The van der Waals surface area contributed by atoms with E-state index in [1.807, 2.05) is 28.5 Å². The first-order valence-electron chi connectivity index (χ1n) is 12.5. The fourth-order valence-corrected chi connectivity index (χ4v) is 5.85. The molecule has 2 aromatic rings. The lowest BCUT2D eigenvalue weighted by Crippen LogP contribution is -2.65. The number of fused-ring (bicyclic) bond motifs is 3. The summed E-state index contributed by atoms with van der Waals surface area (Å²) in [4.78, 5) is 31.7. The molecule has 5 rings (SSSR count). The van der Waals surface area contributed by atoms with E-state index >= 15 is 0 Å². The van der Waals surface area contributed by atoms with Crippen molar-refractivity contribution < 1.29 is 14.0 Å². The molecule has 0 radical (unpaired) electrons. The third-order valence-corrected chi connectivity index (χ3v) is 7.78. The van der Waals surface area contributed by atoms with Crippen molar-refractivity contribution in [2.45, 2.75) is 82.8 Å². The quantitative estimate of drug-likeness (QED) is 0.694. The van der Waals surface area contributed by atoms with Gasteiger partial charge in [0.15, 0.2) is 5.58 Å². The zero-order chi connectivity index (χ0) is 22.1. The number of hydrogen-bond acceptors (Lipinski definition) is 4. The van der Waals surface area contributed by atoms with Gasteiger partial charge in [0, 0.05) is 24.7 Å². The largest absolute Gasteiger partial charge is 0.463 e. The van der Waals surface area contributed by atoms with E-state index in [0.717, 1.165) is 57.3 Å². The Morgan fingerprint density at radius 3 is 2.62 bits per heavy atom. The smallest absolute Gasteiger partial charge is 0.271 e. The summed E-state index contributed by atoms with van der Waals surface area (Å²) in [5.74, 6) is -0.0856. The molecule has 4 heterocycles. The van der Waals surface area contributed by atoms with Crippen LogP contribution in [0.4, 0.5) is 0 Å². The van der Waals surface area contributed by atoms with Gasteiger partial charge in [-0.25, -0.2) is 0 Å². The molecule has 7 nitrogen and oxygen atoms in total. The van der Waals surface area contributed by atoms with Gasteiger partial charge in [-0.1, -0.05) is 25.7 Å². The zero-order valence-electron chi connectivity index (χ0n) is 19.3. The summed E-state index contributed by atoms with van der Waals surface area (Å²) < 4.78 is 7.55. The average Bonchev–Trinajstić information content (AvgIpc) is 3.47.